The van der Waals surface area contributed by atoms with Gasteiger partial charge in [-0.1, -0.05) is 30.3 Å². The minimum absolute atomic E-state index is 0.0949. The zero-order valence-corrected chi connectivity index (χ0v) is 13.8. The van der Waals surface area contributed by atoms with Crippen molar-refractivity contribution in [2.75, 3.05) is 13.7 Å². The largest absolute Gasteiger partial charge is 0.452 e. The highest BCUT2D eigenvalue weighted by Crippen LogP contribution is 2.18. The van der Waals surface area contributed by atoms with Crippen LogP contribution in [0.3, 0.4) is 0 Å². The number of aryl methyl sites for hydroxylation is 1. The molecule has 0 aliphatic rings. The van der Waals surface area contributed by atoms with E-state index in [-0.39, 0.29) is 18.6 Å². The van der Waals surface area contributed by atoms with Crippen LogP contribution in [0.5, 0.6) is 0 Å². The molecular weight excluding hydrogens is 294 g/mol. The van der Waals surface area contributed by atoms with Gasteiger partial charge in [0.1, 0.15) is 5.56 Å². The average Bonchev–Trinajstić information content (AvgIpc) is 2.91. The van der Waals surface area contributed by atoms with Crippen molar-refractivity contribution >= 4 is 11.9 Å². The molecule has 0 aliphatic carbocycles. The number of esters is 1. The molecule has 1 aromatic carbocycles. The van der Waals surface area contributed by atoms with Gasteiger partial charge in [-0.05, 0) is 19.4 Å². The van der Waals surface area contributed by atoms with Crippen molar-refractivity contribution in [1.82, 2.24) is 14.7 Å². The summed E-state index contributed by atoms with van der Waals surface area (Å²) in [5, 5.41) is 3.99. The molecule has 0 aliphatic heterocycles. The Bertz CT molecular complexity index is 694. The summed E-state index contributed by atoms with van der Waals surface area (Å²) in [4.78, 5) is 25.8. The van der Waals surface area contributed by atoms with E-state index in [1.54, 1.807) is 30.6 Å². The third-order valence-corrected chi connectivity index (χ3v) is 4.04. The van der Waals surface area contributed by atoms with Gasteiger partial charge >= 0.3 is 5.97 Å². The Morgan fingerprint density at radius 1 is 1.30 bits per heavy atom. The maximum absolute atomic E-state index is 12.2. The molecule has 0 fully saturated rings. The van der Waals surface area contributed by atoms with Crippen LogP contribution in [0.2, 0.25) is 0 Å². The monoisotopic (exact) mass is 315 g/mol. The third kappa shape index (κ3) is 3.77. The summed E-state index contributed by atoms with van der Waals surface area (Å²) in [6.07, 6.45) is 1.44. The molecule has 0 spiro atoms. The molecule has 2 aromatic rings. The van der Waals surface area contributed by atoms with E-state index in [1.165, 1.54) is 6.20 Å². The Balaban J connectivity index is 1.94. The van der Waals surface area contributed by atoms with Gasteiger partial charge in [-0.3, -0.25) is 9.48 Å². The van der Waals surface area contributed by atoms with E-state index in [9.17, 15) is 9.59 Å². The van der Waals surface area contributed by atoms with E-state index >= 15 is 0 Å². The van der Waals surface area contributed by atoms with Gasteiger partial charge in [-0.2, -0.15) is 5.10 Å². The highest BCUT2D eigenvalue weighted by molar-refractivity contribution is 5.92. The van der Waals surface area contributed by atoms with E-state index in [0.29, 0.717) is 11.3 Å². The summed E-state index contributed by atoms with van der Waals surface area (Å²) in [7, 11) is 3.44. The van der Waals surface area contributed by atoms with E-state index in [1.807, 2.05) is 37.3 Å². The number of carbonyl (C=O) groups is 2. The van der Waals surface area contributed by atoms with Crippen LogP contribution < -0.4 is 0 Å². The van der Waals surface area contributed by atoms with E-state index in [2.05, 4.69) is 5.10 Å². The first-order valence-corrected chi connectivity index (χ1v) is 7.38. The van der Waals surface area contributed by atoms with E-state index in [4.69, 9.17) is 4.74 Å². The molecule has 1 heterocycles. The minimum atomic E-state index is -0.537. The Morgan fingerprint density at radius 2 is 1.96 bits per heavy atom. The van der Waals surface area contributed by atoms with Crippen LogP contribution in [0.15, 0.2) is 36.5 Å². The fourth-order valence-corrected chi connectivity index (χ4v) is 2.18. The van der Waals surface area contributed by atoms with Crippen molar-refractivity contribution in [2.24, 2.45) is 7.05 Å². The quantitative estimate of drug-likeness (QED) is 0.793. The topological polar surface area (TPSA) is 64.4 Å². The van der Waals surface area contributed by atoms with Crippen LogP contribution in [0.25, 0.3) is 0 Å². The highest BCUT2D eigenvalue weighted by atomic mass is 16.5. The van der Waals surface area contributed by atoms with Gasteiger partial charge < -0.3 is 9.64 Å². The summed E-state index contributed by atoms with van der Waals surface area (Å²) in [5.41, 5.74) is 2.10. The van der Waals surface area contributed by atoms with Crippen LogP contribution in [-0.4, -0.2) is 40.2 Å². The maximum atomic E-state index is 12.2. The minimum Gasteiger partial charge on any atom is -0.452 e. The molecule has 1 unspecified atom stereocenters. The highest BCUT2D eigenvalue weighted by Gasteiger charge is 2.20. The zero-order chi connectivity index (χ0) is 17.0. The van der Waals surface area contributed by atoms with Crippen LogP contribution in [-0.2, 0) is 16.6 Å². The molecule has 6 heteroatoms. The summed E-state index contributed by atoms with van der Waals surface area (Å²) >= 11 is 0. The Hall–Kier alpha value is -2.63. The second-order valence-electron chi connectivity index (χ2n) is 5.43. The fourth-order valence-electron chi connectivity index (χ4n) is 2.18. The smallest absolute Gasteiger partial charge is 0.342 e. The zero-order valence-electron chi connectivity index (χ0n) is 13.8. The first-order valence-electron chi connectivity index (χ1n) is 7.38. The number of aromatic nitrogens is 2. The molecule has 1 aromatic heterocycles. The molecule has 2 rings (SSSR count). The predicted octanol–water partition coefficient (Wildman–Crippen LogP) is 2.10. The SMILES string of the molecule is Cc1c(C(=O)OCC(=O)N(C)C(C)c2ccccc2)cnn1C. The number of carbonyl (C=O) groups excluding carboxylic acids is 2. The molecule has 23 heavy (non-hydrogen) atoms. The maximum Gasteiger partial charge on any atom is 0.342 e. The second kappa shape index (κ2) is 7.09. The molecule has 122 valence electrons. The van der Waals surface area contributed by atoms with Gasteiger partial charge in [0.2, 0.25) is 0 Å². The van der Waals surface area contributed by atoms with Crippen LogP contribution >= 0.6 is 0 Å². The first kappa shape index (κ1) is 16.7. The van der Waals surface area contributed by atoms with Crippen LogP contribution in [0.4, 0.5) is 0 Å². The fraction of sp³-hybridized carbons (Fsp3) is 0.353. The third-order valence-electron chi connectivity index (χ3n) is 4.04. The Labute approximate surface area is 135 Å². The van der Waals surface area contributed by atoms with Gasteiger partial charge in [0.05, 0.1) is 12.2 Å². The van der Waals surface area contributed by atoms with Gasteiger partial charge in [0.25, 0.3) is 5.91 Å². The van der Waals surface area contributed by atoms with Gasteiger partial charge in [-0.15, -0.1) is 0 Å². The molecular formula is C17H21N3O3. The molecule has 0 radical (unpaired) electrons. The molecule has 6 nitrogen and oxygen atoms in total. The first-order chi connectivity index (χ1) is 10.9. The standard InChI is InChI=1S/C17H21N3O3/c1-12(14-8-6-5-7-9-14)19(3)16(21)11-23-17(22)15-10-18-20(4)13(15)2/h5-10,12H,11H2,1-4H3. The normalized spacial score (nSPS) is 11.8. The van der Waals surface area contributed by atoms with E-state index in [0.717, 1.165) is 5.56 Å². The lowest BCUT2D eigenvalue weighted by molar-refractivity contribution is -0.135. The van der Waals surface area contributed by atoms with Crippen LogP contribution in [0.1, 0.15) is 34.6 Å². The lowest BCUT2D eigenvalue weighted by atomic mass is 10.1. The van der Waals surface area contributed by atoms with Gasteiger partial charge in [0.15, 0.2) is 6.61 Å². The van der Waals surface area contributed by atoms with Gasteiger partial charge in [-0.25, -0.2) is 4.79 Å². The van der Waals surface area contributed by atoms with Crippen molar-refractivity contribution in [3.8, 4) is 0 Å². The van der Waals surface area contributed by atoms with Crippen molar-refractivity contribution in [3.63, 3.8) is 0 Å². The molecule has 1 amide bonds. The van der Waals surface area contributed by atoms with Gasteiger partial charge in [0, 0.05) is 19.8 Å². The number of ether oxygens (including phenoxy) is 1. The van der Waals surface area contributed by atoms with Crippen molar-refractivity contribution in [1.29, 1.82) is 0 Å². The Kier molecular flexibility index (Phi) is 5.16. The number of nitrogens with zero attached hydrogens (tertiary/aromatic N) is 3. The summed E-state index contributed by atoms with van der Waals surface area (Å²) in [5.74, 6) is -0.791. The lowest BCUT2D eigenvalue weighted by Gasteiger charge is -2.25. The number of hydrogen-bond acceptors (Lipinski definition) is 4. The van der Waals surface area contributed by atoms with E-state index < -0.39 is 5.97 Å². The number of rotatable bonds is 5. The average molecular weight is 315 g/mol. The number of amides is 1. The summed E-state index contributed by atoms with van der Waals surface area (Å²) in [6.45, 7) is 3.41. The van der Waals surface area contributed by atoms with Crippen molar-refractivity contribution < 1.29 is 14.3 Å². The number of benzene rings is 1. The second-order valence-corrected chi connectivity index (χ2v) is 5.43. The molecule has 0 saturated carbocycles. The van der Waals surface area contributed by atoms with Crippen molar-refractivity contribution in [2.45, 2.75) is 19.9 Å². The molecule has 0 bridgehead atoms. The van der Waals surface area contributed by atoms with Crippen molar-refractivity contribution in [3.05, 3.63) is 53.3 Å². The lowest BCUT2D eigenvalue weighted by Crippen LogP contribution is -2.33. The number of likely N-dealkylation sites (N-methyl/N-ethyl adjacent to an activating group) is 1. The number of hydrogen-bond donors (Lipinski definition) is 0. The Morgan fingerprint density at radius 3 is 2.52 bits per heavy atom. The molecule has 0 saturated heterocycles. The summed E-state index contributed by atoms with van der Waals surface area (Å²) < 4.78 is 6.69. The summed E-state index contributed by atoms with van der Waals surface area (Å²) in [6, 6.07) is 9.60. The molecule has 0 N–H and O–H groups in total. The van der Waals surface area contributed by atoms with Crippen LogP contribution in [0, 0.1) is 6.92 Å². The molecule has 1 atom stereocenters. The predicted molar refractivity (Wildman–Crippen MR) is 85.9 cm³/mol.